The first-order valence-electron chi connectivity index (χ1n) is 9.00. The van der Waals surface area contributed by atoms with Gasteiger partial charge in [0.25, 0.3) is 10.2 Å². The van der Waals surface area contributed by atoms with E-state index in [0.717, 1.165) is 24.2 Å². The standard InChI is InChI=1S/C19H27N3O4S/c1-4-12-22(13-5-2)27(23,24)21-15-16-10-11-20-19(14-16)26-18-8-6-17(25-3)7-9-18/h6-11,14,21H,4-5,12-13,15H2,1-3H3. The van der Waals surface area contributed by atoms with Crippen molar-refractivity contribution in [2.75, 3.05) is 20.2 Å². The van der Waals surface area contributed by atoms with E-state index in [9.17, 15) is 8.42 Å². The van der Waals surface area contributed by atoms with Crippen LogP contribution in [0, 0.1) is 0 Å². The maximum atomic E-state index is 12.5. The molecule has 0 fully saturated rings. The summed E-state index contributed by atoms with van der Waals surface area (Å²) in [5.41, 5.74) is 0.769. The second-order valence-electron chi connectivity index (χ2n) is 6.01. The van der Waals surface area contributed by atoms with E-state index >= 15 is 0 Å². The first-order valence-corrected chi connectivity index (χ1v) is 10.4. The molecule has 2 aromatic rings. The summed E-state index contributed by atoms with van der Waals surface area (Å²) in [6.45, 7) is 5.11. The quantitative estimate of drug-likeness (QED) is 0.633. The van der Waals surface area contributed by atoms with Crippen molar-refractivity contribution in [3.63, 3.8) is 0 Å². The van der Waals surface area contributed by atoms with E-state index in [1.54, 1.807) is 49.7 Å². The lowest BCUT2D eigenvalue weighted by Crippen LogP contribution is -2.41. The van der Waals surface area contributed by atoms with Gasteiger partial charge < -0.3 is 9.47 Å². The van der Waals surface area contributed by atoms with E-state index < -0.39 is 10.2 Å². The van der Waals surface area contributed by atoms with Crippen molar-refractivity contribution >= 4 is 10.2 Å². The predicted octanol–water partition coefficient (Wildman–Crippen LogP) is 3.34. The molecule has 0 bridgehead atoms. The van der Waals surface area contributed by atoms with Crippen LogP contribution in [0.1, 0.15) is 32.3 Å². The second-order valence-corrected chi connectivity index (χ2v) is 7.76. The molecule has 1 aromatic heterocycles. The zero-order chi connectivity index (χ0) is 19.7. The molecule has 8 heteroatoms. The summed E-state index contributed by atoms with van der Waals surface area (Å²) in [5.74, 6) is 1.76. The number of rotatable bonds is 11. The summed E-state index contributed by atoms with van der Waals surface area (Å²) in [7, 11) is -1.91. The number of methoxy groups -OCH3 is 1. The fourth-order valence-corrected chi connectivity index (χ4v) is 3.88. The van der Waals surface area contributed by atoms with Gasteiger partial charge in [-0.3, -0.25) is 0 Å². The Kier molecular flexibility index (Phi) is 8.02. The lowest BCUT2D eigenvalue weighted by molar-refractivity contribution is 0.401. The van der Waals surface area contributed by atoms with Crippen LogP contribution >= 0.6 is 0 Å². The average molecular weight is 394 g/mol. The van der Waals surface area contributed by atoms with Crippen molar-refractivity contribution in [2.45, 2.75) is 33.2 Å². The Morgan fingerprint density at radius 3 is 2.26 bits per heavy atom. The summed E-state index contributed by atoms with van der Waals surface area (Å²) in [6, 6.07) is 10.6. The first kappa shape index (κ1) is 21.1. The van der Waals surface area contributed by atoms with Gasteiger partial charge in [-0.15, -0.1) is 0 Å². The Morgan fingerprint density at radius 2 is 1.67 bits per heavy atom. The zero-order valence-corrected chi connectivity index (χ0v) is 16.8. The van der Waals surface area contributed by atoms with Crippen molar-refractivity contribution in [1.29, 1.82) is 0 Å². The van der Waals surface area contributed by atoms with Gasteiger partial charge in [0.05, 0.1) is 7.11 Å². The van der Waals surface area contributed by atoms with Gasteiger partial charge in [-0.1, -0.05) is 13.8 Å². The lowest BCUT2D eigenvalue weighted by Gasteiger charge is -2.21. The topological polar surface area (TPSA) is 80.8 Å². The van der Waals surface area contributed by atoms with Crippen LogP contribution in [0.25, 0.3) is 0 Å². The van der Waals surface area contributed by atoms with Crippen molar-refractivity contribution in [1.82, 2.24) is 14.0 Å². The molecule has 0 aliphatic rings. The highest BCUT2D eigenvalue weighted by Crippen LogP contribution is 2.22. The third-order valence-corrected chi connectivity index (χ3v) is 5.38. The molecular weight excluding hydrogens is 366 g/mol. The third kappa shape index (κ3) is 6.50. The van der Waals surface area contributed by atoms with Crippen LogP contribution in [0.3, 0.4) is 0 Å². The molecule has 0 saturated heterocycles. The molecule has 1 aromatic carbocycles. The smallest absolute Gasteiger partial charge is 0.279 e. The highest BCUT2D eigenvalue weighted by atomic mass is 32.2. The number of pyridine rings is 1. The van der Waals surface area contributed by atoms with Crippen molar-refractivity contribution in [2.24, 2.45) is 0 Å². The molecule has 0 aliphatic heterocycles. The van der Waals surface area contributed by atoms with E-state index in [-0.39, 0.29) is 6.54 Å². The Morgan fingerprint density at radius 1 is 1.04 bits per heavy atom. The van der Waals surface area contributed by atoms with Gasteiger partial charge in [0.1, 0.15) is 11.5 Å². The highest BCUT2D eigenvalue weighted by Gasteiger charge is 2.19. The maximum absolute atomic E-state index is 12.5. The minimum absolute atomic E-state index is 0.174. The molecule has 0 amide bonds. The fourth-order valence-electron chi connectivity index (χ4n) is 2.50. The SMILES string of the molecule is CCCN(CCC)S(=O)(=O)NCc1ccnc(Oc2ccc(OC)cc2)c1. The largest absolute Gasteiger partial charge is 0.497 e. The number of ether oxygens (including phenoxy) is 2. The summed E-state index contributed by atoms with van der Waals surface area (Å²) < 4.78 is 39.9. The van der Waals surface area contributed by atoms with Crippen molar-refractivity contribution in [3.8, 4) is 17.4 Å². The Hall–Kier alpha value is -2.16. The van der Waals surface area contributed by atoms with Gasteiger partial charge in [0.15, 0.2) is 0 Å². The van der Waals surface area contributed by atoms with Gasteiger partial charge in [-0.05, 0) is 48.7 Å². The van der Waals surface area contributed by atoms with E-state index in [1.165, 1.54) is 4.31 Å². The van der Waals surface area contributed by atoms with Crippen LogP contribution in [0.2, 0.25) is 0 Å². The molecule has 2 rings (SSSR count). The van der Waals surface area contributed by atoms with Gasteiger partial charge in [-0.25, -0.2) is 4.98 Å². The number of nitrogens with zero attached hydrogens (tertiary/aromatic N) is 2. The Balaban J connectivity index is 2.02. The maximum Gasteiger partial charge on any atom is 0.279 e. The Bertz CT molecular complexity index is 804. The van der Waals surface area contributed by atoms with Gasteiger partial charge >= 0.3 is 0 Å². The molecule has 27 heavy (non-hydrogen) atoms. The van der Waals surface area contributed by atoms with Crippen LogP contribution in [0.4, 0.5) is 0 Å². The molecule has 0 aliphatic carbocycles. The molecule has 1 heterocycles. The fraction of sp³-hybridized carbons (Fsp3) is 0.421. The number of hydrogen-bond donors (Lipinski definition) is 1. The lowest BCUT2D eigenvalue weighted by atomic mass is 10.3. The number of benzene rings is 1. The number of aromatic nitrogens is 1. The molecule has 0 saturated carbocycles. The molecule has 148 valence electrons. The van der Waals surface area contributed by atoms with Crippen molar-refractivity contribution in [3.05, 3.63) is 48.2 Å². The first-order chi connectivity index (χ1) is 13.0. The number of hydrogen-bond acceptors (Lipinski definition) is 5. The summed E-state index contributed by atoms with van der Waals surface area (Å²) in [4.78, 5) is 4.17. The third-order valence-electron chi connectivity index (χ3n) is 3.83. The predicted molar refractivity (Wildman–Crippen MR) is 105 cm³/mol. The van der Waals surface area contributed by atoms with E-state index in [2.05, 4.69) is 9.71 Å². The molecule has 0 spiro atoms. The van der Waals surface area contributed by atoms with Crippen LogP contribution in [0.5, 0.6) is 17.4 Å². The molecular formula is C19H27N3O4S. The van der Waals surface area contributed by atoms with Gasteiger partial charge in [-0.2, -0.15) is 17.4 Å². The van der Waals surface area contributed by atoms with E-state index in [0.29, 0.717) is 24.7 Å². The van der Waals surface area contributed by atoms with Crippen LogP contribution in [-0.2, 0) is 16.8 Å². The van der Waals surface area contributed by atoms with E-state index in [1.807, 2.05) is 13.8 Å². The second kappa shape index (κ2) is 10.2. The molecule has 7 nitrogen and oxygen atoms in total. The minimum Gasteiger partial charge on any atom is -0.497 e. The van der Waals surface area contributed by atoms with Crippen LogP contribution in [0.15, 0.2) is 42.6 Å². The molecule has 1 N–H and O–H groups in total. The Labute approximate surface area is 161 Å². The number of nitrogens with one attached hydrogen (secondary N) is 1. The van der Waals surface area contributed by atoms with Crippen molar-refractivity contribution < 1.29 is 17.9 Å². The highest BCUT2D eigenvalue weighted by molar-refractivity contribution is 7.87. The summed E-state index contributed by atoms with van der Waals surface area (Å²) in [6.07, 6.45) is 3.14. The van der Waals surface area contributed by atoms with E-state index in [4.69, 9.17) is 9.47 Å². The van der Waals surface area contributed by atoms with Gasteiger partial charge in [0.2, 0.25) is 5.88 Å². The summed E-state index contributed by atoms with van der Waals surface area (Å²) >= 11 is 0. The average Bonchev–Trinajstić information content (AvgIpc) is 2.67. The molecule has 0 radical (unpaired) electrons. The van der Waals surface area contributed by atoms with Crippen LogP contribution in [-0.4, -0.2) is 37.9 Å². The van der Waals surface area contributed by atoms with Gasteiger partial charge in [0, 0.05) is 31.9 Å². The summed E-state index contributed by atoms with van der Waals surface area (Å²) in [5, 5.41) is 0. The minimum atomic E-state index is -3.52. The normalized spacial score (nSPS) is 11.6. The zero-order valence-electron chi connectivity index (χ0n) is 16.0. The molecule has 0 atom stereocenters. The molecule has 0 unspecified atom stereocenters. The van der Waals surface area contributed by atoms with Crippen LogP contribution < -0.4 is 14.2 Å². The monoisotopic (exact) mass is 393 g/mol.